The Labute approximate surface area is 156 Å². The highest BCUT2D eigenvalue weighted by Gasteiger charge is 2.34. The van der Waals surface area contributed by atoms with Crippen molar-refractivity contribution < 1.29 is 9.53 Å². The molecule has 0 spiro atoms. The summed E-state index contributed by atoms with van der Waals surface area (Å²) in [5, 5.41) is 5.70. The van der Waals surface area contributed by atoms with Crippen LogP contribution >= 0.6 is 34.8 Å². The second kappa shape index (κ2) is 7.97. The third-order valence-corrected chi connectivity index (χ3v) is 3.94. The molecule has 0 bridgehead atoms. The molecule has 0 aromatic heterocycles. The summed E-state index contributed by atoms with van der Waals surface area (Å²) < 4.78 is 3.50. The summed E-state index contributed by atoms with van der Waals surface area (Å²) in [4.78, 5) is 12.4. The highest BCUT2D eigenvalue weighted by Crippen LogP contribution is 2.33. The average molecular weight is 388 g/mol. The van der Waals surface area contributed by atoms with Gasteiger partial charge in [0.05, 0.1) is 12.8 Å². The molecule has 0 unspecified atom stereocenters. The number of hydrogen-bond donors (Lipinski definition) is 2. The van der Waals surface area contributed by atoms with Gasteiger partial charge >= 0.3 is 0 Å². The average Bonchev–Trinajstić information content (AvgIpc) is 2.53. The summed E-state index contributed by atoms with van der Waals surface area (Å²) in [6.45, 7) is 1.90. The maximum absolute atomic E-state index is 12.4. The molecular formula is C17H17Cl3N2O2. The number of aryl methyl sites for hydroxylation is 1. The zero-order valence-corrected chi connectivity index (χ0v) is 15.4. The molecule has 0 radical (unpaired) electrons. The molecule has 4 nitrogen and oxygen atoms in total. The third-order valence-electron chi connectivity index (χ3n) is 3.29. The van der Waals surface area contributed by atoms with Gasteiger partial charge in [-0.25, -0.2) is 0 Å². The number of amides is 1. The fraction of sp³-hybridized carbons (Fsp3) is 0.235. The first-order valence-corrected chi connectivity index (χ1v) is 8.28. The zero-order chi connectivity index (χ0) is 17.7. The predicted molar refractivity (Wildman–Crippen MR) is 99.3 cm³/mol. The topological polar surface area (TPSA) is 50.4 Å². The Morgan fingerprint density at radius 2 is 1.83 bits per heavy atom. The quantitative estimate of drug-likeness (QED) is 0.585. The van der Waals surface area contributed by atoms with Gasteiger partial charge < -0.3 is 15.4 Å². The van der Waals surface area contributed by atoms with E-state index in [1.54, 1.807) is 30.3 Å². The number of nitrogens with one attached hydrogen (secondary N) is 2. The molecule has 1 amide bonds. The molecule has 2 rings (SSSR count). The lowest BCUT2D eigenvalue weighted by Gasteiger charge is -2.28. The van der Waals surface area contributed by atoms with Crippen LogP contribution in [0, 0.1) is 6.92 Å². The molecule has 0 heterocycles. The van der Waals surface area contributed by atoms with Crippen LogP contribution in [0.5, 0.6) is 5.75 Å². The van der Waals surface area contributed by atoms with Gasteiger partial charge in [0.25, 0.3) is 5.91 Å². The molecule has 0 saturated heterocycles. The van der Waals surface area contributed by atoms with Crippen molar-refractivity contribution in [1.82, 2.24) is 5.32 Å². The minimum Gasteiger partial charge on any atom is -0.495 e. The van der Waals surface area contributed by atoms with E-state index < -0.39 is 9.96 Å². The number of methoxy groups -OCH3 is 1. The van der Waals surface area contributed by atoms with Crippen molar-refractivity contribution in [2.45, 2.75) is 16.9 Å². The lowest BCUT2D eigenvalue weighted by molar-refractivity contribution is 0.0941. The van der Waals surface area contributed by atoms with E-state index in [4.69, 9.17) is 39.5 Å². The number of carbonyl (C=O) groups is 1. The third kappa shape index (κ3) is 4.94. The monoisotopic (exact) mass is 386 g/mol. The SMILES string of the molecule is COc1ccccc1N[C@@H](NC(=O)c1cccc(C)c1)C(Cl)(Cl)Cl. The summed E-state index contributed by atoms with van der Waals surface area (Å²) in [5.41, 5.74) is 2.04. The fourth-order valence-electron chi connectivity index (χ4n) is 2.12. The highest BCUT2D eigenvalue weighted by atomic mass is 35.6. The molecule has 0 aliphatic heterocycles. The van der Waals surface area contributed by atoms with E-state index in [1.165, 1.54) is 7.11 Å². The van der Waals surface area contributed by atoms with Crippen LogP contribution in [0.15, 0.2) is 48.5 Å². The van der Waals surface area contributed by atoms with Crippen molar-refractivity contribution in [2.24, 2.45) is 0 Å². The highest BCUT2D eigenvalue weighted by molar-refractivity contribution is 6.68. The number of benzene rings is 2. The summed E-state index contributed by atoms with van der Waals surface area (Å²) >= 11 is 18.1. The first-order valence-electron chi connectivity index (χ1n) is 7.15. The minimum atomic E-state index is -1.76. The number of para-hydroxylation sites is 2. The number of rotatable bonds is 5. The van der Waals surface area contributed by atoms with Gasteiger partial charge in [-0.05, 0) is 31.2 Å². The molecule has 2 aromatic rings. The number of hydrogen-bond acceptors (Lipinski definition) is 3. The largest absolute Gasteiger partial charge is 0.495 e. The molecule has 1 atom stereocenters. The van der Waals surface area contributed by atoms with Gasteiger partial charge in [0.1, 0.15) is 11.9 Å². The van der Waals surface area contributed by atoms with Gasteiger partial charge in [-0.2, -0.15) is 0 Å². The molecule has 7 heteroatoms. The van der Waals surface area contributed by atoms with E-state index in [-0.39, 0.29) is 5.91 Å². The maximum Gasteiger partial charge on any atom is 0.252 e. The van der Waals surface area contributed by atoms with E-state index in [0.717, 1.165) is 5.56 Å². The van der Waals surface area contributed by atoms with Crippen LogP contribution < -0.4 is 15.4 Å². The van der Waals surface area contributed by atoms with E-state index in [0.29, 0.717) is 17.0 Å². The lowest BCUT2D eigenvalue weighted by Crippen LogP contribution is -2.49. The van der Waals surface area contributed by atoms with Gasteiger partial charge in [0.2, 0.25) is 3.79 Å². The Bertz CT molecular complexity index is 717. The van der Waals surface area contributed by atoms with Crippen molar-refractivity contribution in [3.05, 3.63) is 59.7 Å². The van der Waals surface area contributed by atoms with Crippen LogP contribution in [0.1, 0.15) is 15.9 Å². The van der Waals surface area contributed by atoms with Crippen molar-refractivity contribution in [1.29, 1.82) is 0 Å². The Morgan fingerprint density at radius 3 is 2.46 bits per heavy atom. The van der Waals surface area contributed by atoms with Gasteiger partial charge in [0, 0.05) is 5.56 Å². The van der Waals surface area contributed by atoms with Crippen LogP contribution in [-0.2, 0) is 0 Å². The summed E-state index contributed by atoms with van der Waals surface area (Å²) in [5.74, 6) is 0.221. The second-order valence-electron chi connectivity index (χ2n) is 5.16. The number of alkyl halides is 3. The van der Waals surface area contributed by atoms with Crippen molar-refractivity contribution >= 4 is 46.4 Å². The van der Waals surface area contributed by atoms with Gasteiger partial charge in [0.15, 0.2) is 0 Å². The number of ether oxygens (including phenoxy) is 1. The molecule has 0 fully saturated rings. The minimum absolute atomic E-state index is 0.350. The Hall–Kier alpha value is -1.62. The van der Waals surface area contributed by atoms with Crippen molar-refractivity contribution in [3.8, 4) is 5.75 Å². The normalized spacial score (nSPS) is 12.4. The fourth-order valence-corrected chi connectivity index (χ4v) is 2.45. The van der Waals surface area contributed by atoms with E-state index in [9.17, 15) is 4.79 Å². The number of anilines is 1. The van der Waals surface area contributed by atoms with Gasteiger partial charge in [-0.3, -0.25) is 4.79 Å². The van der Waals surface area contributed by atoms with Crippen LogP contribution in [0.4, 0.5) is 5.69 Å². The zero-order valence-electron chi connectivity index (χ0n) is 13.1. The summed E-state index contributed by atoms with van der Waals surface area (Å²) in [6.07, 6.45) is -0.952. The van der Waals surface area contributed by atoms with Crippen LogP contribution in [0.25, 0.3) is 0 Å². The molecule has 0 saturated carbocycles. The van der Waals surface area contributed by atoms with Gasteiger partial charge in [-0.15, -0.1) is 0 Å². The van der Waals surface area contributed by atoms with Crippen molar-refractivity contribution in [3.63, 3.8) is 0 Å². The molecule has 128 valence electrons. The smallest absolute Gasteiger partial charge is 0.252 e. The maximum atomic E-state index is 12.4. The van der Waals surface area contributed by atoms with Crippen molar-refractivity contribution in [2.75, 3.05) is 12.4 Å². The second-order valence-corrected chi connectivity index (χ2v) is 7.53. The molecular weight excluding hydrogens is 371 g/mol. The van der Waals surface area contributed by atoms with E-state index in [1.807, 2.05) is 25.1 Å². The molecule has 2 aromatic carbocycles. The van der Waals surface area contributed by atoms with Crippen LogP contribution in [0.3, 0.4) is 0 Å². The molecule has 0 aliphatic carbocycles. The van der Waals surface area contributed by atoms with E-state index >= 15 is 0 Å². The van der Waals surface area contributed by atoms with Crippen LogP contribution in [-0.4, -0.2) is 23.0 Å². The number of halogens is 3. The summed E-state index contributed by atoms with van der Waals surface area (Å²) in [6, 6.07) is 14.3. The number of carbonyl (C=O) groups excluding carboxylic acids is 1. The van der Waals surface area contributed by atoms with E-state index in [2.05, 4.69) is 10.6 Å². The first kappa shape index (κ1) is 18.7. The Morgan fingerprint density at radius 1 is 1.12 bits per heavy atom. The van der Waals surface area contributed by atoms with Gasteiger partial charge in [-0.1, -0.05) is 64.6 Å². The molecule has 2 N–H and O–H groups in total. The first-order chi connectivity index (χ1) is 11.3. The summed E-state index contributed by atoms with van der Waals surface area (Å²) in [7, 11) is 1.54. The molecule has 24 heavy (non-hydrogen) atoms. The standard InChI is InChI=1S/C17H17Cl3N2O2/c1-11-6-5-7-12(10-11)15(23)22-16(17(18,19)20)21-13-8-3-4-9-14(13)24-2/h3-10,16,21H,1-2H3,(H,22,23)/t16-/m0/s1. The Kier molecular flexibility index (Phi) is 6.21. The van der Waals surface area contributed by atoms with Crippen LogP contribution in [0.2, 0.25) is 0 Å². The lowest BCUT2D eigenvalue weighted by atomic mass is 10.1. The molecule has 0 aliphatic rings. The predicted octanol–water partition coefficient (Wildman–Crippen LogP) is 4.54. The Balaban J connectivity index is 2.22.